The van der Waals surface area contributed by atoms with Crippen molar-refractivity contribution in [3.05, 3.63) is 50.9 Å². The van der Waals surface area contributed by atoms with E-state index in [0.29, 0.717) is 18.4 Å². The fourth-order valence-electron chi connectivity index (χ4n) is 4.09. The van der Waals surface area contributed by atoms with Crippen LogP contribution in [0.15, 0.2) is 24.3 Å². The van der Waals surface area contributed by atoms with Gasteiger partial charge in [0.1, 0.15) is 11.1 Å². The fraction of sp³-hybridized carbons (Fsp3) is 0.458. The van der Waals surface area contributed by atoms with Crippen LogP contribution in [0.5, 0.6) is 0 Å². The van der Waals surface area contributed by atoms with E-state index in [1.165, 1.54) is 24.3 Å². The van der Waals surface area contributed by atoms with Gasteiger partial charge in [0, 0.05) is 15.5 Å². The Morgan fingerprint density at radius 3 is 2.34 bits per heavy atom. The molecule has 35 heavy (non-hydrogen) atoms. The molecular formula is C24H25ClF3N3O3S. The number of nitriles is 1. The van der Waals surface area contributed by atoms with Crippen molar-refractivity contribution in [1.82, 2.24) is 5.32 Å². The van der Waals surface area contributed by atoms with Gasteiger partial charge in [-0.1, -0.05) is 32.4 Å². The molecule has 0 bridgehead atoms. The van der Waals surface area contributed by atoms with E-state index in [2.05, 4.69) is 30.8 Å². The van der Waals surface area contributed by atoms with Gasteiger partial charge < -0.3 is 15.4 Å². The van der Waals surface area contributed by atoms with Crippen molar-refractivity contribution in [3.63, 3.8) is 0 Å². The molecule has 0 aliphatic heterocycles. The smallest absolute Gasteiger partial charge is 0.441 e. The SMILES string of the molecule is COC(=O)[C@@](NC(=O)c1ccc(Cl)cc1)(Nc1sc2c(c1C#N)CC[C@@H](C(C)(C)C)C2)C(F)(F)F. The maximum atomic E-state index is 14.5. The number of hydrogen-bond donors (Lipinski definition) is 2. The second-order valence-electron chi connectivity index (χ2n) is 9.45. The van der Waals surface area contributed by atoms with Gasteiger partial charge in [-0.2, -0.15) is 18.4 Å². The molecular weight excluding hydrogens is 503 g/mol. The molecule has 1 heterocycles. The highest BCUT2D eigenvalue weighted by Gasteiger charge is 2.64. The molecule has 188 valence electrons. The highest BCUT2D eigenvalue weighted by molar-refractivity contribution is 7.16. The van der Waals surface area contributed by atoms with Gasteiger partial charge >= 0.3 is 17.8 Å². The Hall–Kier alpha value is -2.77. The zero-order valence-corrected chi connectivity index (χ0v) is 21.2. The lowest BCUT2D eigenvalue weighted by Gasteiger charge is -2.34. The lowest BCUT2D eigenvalue weighted by molar-refractivity contribution is -0.203. The van der Waals surface area contributed by atoms with Crippen molar-refractivity contribution in [2.45, 2.75) is 51.9 Å². The quantitative estimate of drug-likeness (QED) is 0.384. The molecule has 1 amide bonds. The lowest BCUT2D eigenvalue weighted by Crippen LogP contribution is -2.69. The molecule has 0 fully saturated rings. The number of halogens is 4. The Kier molecular flexibility index (Phi) is 7.44. The first kappa shape index (κ1) is 26.8. The number of benzene rings is 1. The fourth-order valence-corrected chi connectivity index (χ4v) is 5.55. The van der Waals surface area contributed by atoms with Crippen LogP contribution in [0.3, 0.4) is 0 Å². The molecule has 0 unspecified atom stereocenters. The predicted molar refractivity (Wildman–Crippen MR) is 127 cm³/mol. The summed E-state index contributed by atoms with van der Waals surface area (Å²) in [4.78, 5) is 26.2. The highest BCUT2D eigenvalue weighted by atomic mass is 35.5. The molecule has 2 atom stereocenters. The van der Waals surface area contributed by atoms with Crippen LogP contribution in [0.4, 0.5) is 18.2 Å². The Labute approximate surface area is 210 Å². The average molecular weight is 528 g/mol. The third-order valence-electron chi connectivity index (χ3n) is 6.23. The number of nitrogens with one attached hydrogen (secondary N) is 2. The number of nitrogens with zero attached hydrogens (tertiary/aromatic N) is 1. The molecule has 6 nitrogen and oxygen atoms in total. The Bertz CT molecular complexity index is 1170. The zero-order valence-electron chi connectivity index (χ0n) is 19.6. The summed E-state index contributed by atoms with van der Waals surface area (Å²) in [6.45, 7) is 6.29. The number of carbonyl (C=O) groups excluding carboxylic acids is 2. The third kappa shape index (κ3) is 5.26. The minimum atomic E-state index is -5.31. The van der Waals surface area contributed by atoms with E-state index in [4.69, 9.17) is 11.6 Å². The van der Waals surface area contributed by atoms with E-state index < -0.39 is 23.7 Å². The van der Waals surface area contributed by atoms with Crippen LogP contribution in [0.2, 0.25) is 5.02 Å². The third-order valence-corrected chi connectivity index (χ3v) is 7.65. The summed E-state index contributed by atoms with van der Waals surface area (Å²) < 4.78 is 48.0. The van der Waals surface area contributed by atoms with E-state index in [9.17, 15) is 28.0 Å². The number of amides is 1. The summed E-state index contributed by atoms with van der Waals surface area (Å²) in [7, 11) is 0.789. The van der Waals surface area contributed by atoms with E-state index >= 15 is 0 Å². The largest absolute Gasteiger partial charge is 0.466 e. The molecule has 0 saturated heterocycles. The van der Waals surface area contributed by atoms with E-state index in [1.54, 1.807) is 5.32 Å². The van der Waals surface area contributed by atoms with Gasteiger partial charge in [0.2, 0.25) is 0 Å². The van der Waals surface area contributed by atoms with Crippen LogP contribution in [0.1, 0.15) is 53.6 Å². The molecule has 1 aliphatic rings. The molecule has 1 aromatic carbocycles. The van der Waals surface area contributed by atoms with Gasteiger partial charge in [-0.15, -0.1) is 11.3 Å². The molecule has 1 aromatic heterocycles. The van der Waals surface area contributed by atoms with Crippen LogP contribution < -0.4 is 10.6 Å². The topological polar surface area (TPSA) is 91.2 Å². The second kappa shape index (κ2) is 9.70. The molecule has 3 rings (SSSR count). The maximum Gasteiger partial charge on any atom is 0.441 e. The van der Waals surface area contributed by atoms with Crippen molar-refractivity contribution in [1.29, 1.82) is 5.26 Å². The minimum Gasteiger partial charge on any atom is -0.466 e. The first-order chi connectivity index (χ1) is 16.2. The zero-order chi connectivity index (χ0) is 26.2. The number of methoxy groups -OCH3 is 1. The van der Waals surface area contributed by atoms with Gasteiger partial charge in [-0.3, -0.25) is 4.79 Å². The van der Waals surface area contributed by atoms with Crippen LogP contribution in [0, 0.1) is 22.7 Å². The number of fused-ring (bicyclic) bond motifs is 1. The first-order valence-electron chi connectivity index (χ1n) is 10.8. The number of thiophene rings is 1. The Morgan fingerprint density at radius 2 is 1.83 bits per heavy atom. The van der Waals surface area contributed by atoms with Crippen molar-refractivity contribution < 1.29 is 27.5 Å². The van der Waals surface area contributed by atoms with Gasteiger partial charge in [0.25, 0.3) is 5.91 Å². The molecule has 0 saturated carbocycles. The predicted octanol–water partition coefficient (Wildman–Crippen LogP) is 5.70. The van der Waals surface area contributed by atoms with Crippen molar-refractivity contribution >= 4 is 39.8 Å². The number of alkyl halides is 3. The average Bonchev–Trinajstić information content (AvgIpc) is 3.13. The van der Waals surface area contributed by atoms with Crippen LogP contribution in [0.25, 0.3) is 0 Å². The van der Waals surface area contributed by atoms with E-state index in [0.717, 1.165) is 29.7 Å². The number of hydrogen-bond acceptors (Lipinski definition) is 6. The minimum absolute atomic E-state index is 0.0175. The molecule has 0 radical (unpaired) electrons. The monoisotopic (exact) mass is 527 g/mol. The standard InChI is InChI=1S/C24H25ClF3N3O3S/c1-22(2,3)14-7-10-16-17(12-29)20(35-18(16)11-14)31-23(21(33)34-4,24(26,27)28)30-19(32)13-5-8-15(25)9-6-13/h5-6,8-9,14,31H,7,10-11H2,1-4H3,(H,30,32)/t14-,23-/m1/s1. The van der Waals surface area contributed by atoms with Gasteiger partial charge in [0.05, 0.1) is 12.7 Å². The molecule has 2 N–H and O–H groups in total. The Morgan fingerprint density at radius 1 is 1.20 bits per heavy atom. The lowest BCUT2D eigenvalue weighted by atomic mass is 9.72. The summed E-state index contributed by atoms with van der Waals surface area (Å²) in [5, 5.41) is 13.9. The molecule has 0 spiro atoms. The first-order valence-corrected chi connectivity index (χ1v) is 12.0. The summed E-state index contributed by atoms with van der Waals surface area (Å²) in [5.41, 5.74) is -3.08. The maximum absolute atomic E-state index is 14.5. The van der Waals surface area contributed by atoms with Crippen molar-refractivity contribution in [3.8, 4) is 6.07 Å². The molecule has 11 heteroatoms. The van der Waals surface area contributed by atoms with Crippen molar-refractivity contribution in [2.75, 3.05) is 12.4 Å². The number of esters is 1. The Balaban J connectivity index is 2.07. The summed E-state index contributed by atoms with van der Waals surface area (Å²) in [6.07, 6.45) is -3.38. The number of carbonyl (C=O) groups is 2. The highest BCUT2D eigenvalue weighted by Crippen LogP contribution is 2.45. The summed E-state index contributed by atoms with van der Waals surface area (Å²) >= 11 is 6.79. The van der Waals surface area contributed by atoms with Gasteiger partial charge in [0.15, 0.2) is 0 Å². The van der Waals surface area contributed by atoms with Crippen LogP contribution in [-0.2, 0) is 22.4 Å². The molecule has 1 aliphatic carbocycles. The molecule has 2 aromatic rings. The normalized spacial score (nSPS) is 17.5. The van der Waals surface area contributed by atoms with Gasteiger partial charge in [-0.05, 0) is 60.4 Å². The number of rotatable bonds is 5. The van der Waals surface area contributed by atoms with E-state index in [-0.39, 0.29) is 32.5 Å². The summed E-state index contributed by atoms with van der Waals surface area (Å²) in [5.74, 6) is -2.66. The van der Waals surface area contributed by atoms with E-state index in [1.807, 2.05) is 6.07 Å². The van der Waals surface area contributed by atoms with Gasteiger partial charge in [-0.25, -0.2) is 4.79 Å². The van der Waals surface area contributed by atoms with Crippen LogP contribution >= 0.6 is 22.9 Å². The second-order valence-corrected chi connectivity index (χ2v) is 11.0. The van der Waals surface area contributed by atoms with Crippen molar-refractivity contribution in [2.24, 2.45) is 11.3 Å². The number of ether oxygens (including phenoxy) is 1. The number of anilines is 1. The van der Waals surface area contributed by atoms with Crippen LogP contribution in [-0.4, -0.2) is 30.8 Å². The summed E-state index contributed by atoms with van der Waals surface area (Å²) in [6, 6.07) is 7.11.